The predicted octanol–water partition coefficient (Wildman–Crippen LogP) is 5.96. The van der Waals surface area contributed by atoms with E-state index in [9.17, 15) is 4.79 Å². The SMILES string of the molecule is COc1cc(/C=c2\sc3nc4ccccc4n3c2=O)cc(I)c1OCc1ccc(Cl)c(Cl)c1. The van der Waals surface area contributed by atoms with E-state index < -0.39 is 0 Å². The summed E-state index contributed by atoms with van der Waals surface area (Å²) in [4.78, 5) is 18.3. The summed E-state index contributed by atoms with van der Waals surface area (Å²) < 4.78 is 14.7. The fourth-order valence-electron chi connectivity index (χ4n) is 3.51. The van der Waals surface area contributed by atoms with Crippen molar-refractivity contribution < 1.29 is 9.47 Å². The highest BCUT2D eigenvalue weighted by molar-refractivity contribution is 14.1. The van der Waals surface area contributed by atoms with Gasteiger partial charge in [0.05, 0.1) is 36.3 Å². The van der Waals surface area contributed by atoms with Gasteiger partial charge < -0.3 is 9.47 Å². The van der Waals surface area contributed by atoms with Crippen molar-refractivity contribution in [3.8, 4) is 11.5 Å². The Labute approximate surface area is 216 Å². The second kappa shape index (κ2) is 9.13. The fraction of sp³-hybridized carbons (Fsp3) is 0.0833. The fourth-order valence-corrected chi connectivity index (χ4v) is 5.60. The Morgan fingerprint density at radius 3 is 2.73 bits per heavy atom. The maximum Gasteiger partial charge on any atom is 0.274 e. The summed E-state index contributed by atoms with van der Waals surface area (Å²) in [6.07, 6.45) is 1.85. The number of benzene rings is 3. The summed E-state index contributed by atoms with van der Waals surface area (Å²) >= 11 is 15.7. The largest absolute Gasteiger partial charge is 0.493 e. The van der Waals surface area contributed by atoms with Crippen molar-refractivity contribution in [3.05, 3.63) is 94.2 Å². The number of hydrogen-bond donors (Lipinski definition) is 0. The lowest BCUT2D eigenvalue weighted by molar-refractivity contribution is 0.282. The molecule has 0 radical (unpaired) electrons. The molecule has 3 aromatic carbocycles. The second-order valence-corrected chi connectivity index (χ2v) is 10.2. The molecule has 0 N–H and O–H groups in total. The Bertz CT molecular complexity index is 1630. The number of nitrogens with zero attached hydrogens (tertiary/aromatic N) is 2. The normalized spacial score (nSPS) is 12.1. The first kappa shape index (κ1) is 22.5. The molecule has 166 valence electrons. The van der Waals surface area contributed by atoms with Crippen molar-refractivity contribution in [2.75, 3.05) is 7.11 Å². The second-order valence-electron chi connectivity index (χ2n) is 7.21. The predicted molar refractivity (Wildman–Crippen MR) is 142 cm³/mol. The zero-order valence-electron chi connectivity index (χ0n) is 17.1. The molecule has 2 heterocycles. The van der Waals surface area contributed by atoms with Crippen LogP contribution in [0.1, 0.15) is 11.1 Å². The molecule has 0 aliphatic heterocycles. The molecule has 2 aromatic heterocycles. The molecule has 5 aromatic rings. The summed E-state index contributed by atoms with van der Waals surface area (Å²) in [5.41, 5.74) is 3.27. The standard InChI is InChI=1S/C24H15Cl2IN2O3S/c1-31-20-10-14(9-17(27)22(20)32-12-13-6-7-15(25)16(26)8-13)11-21-23(30)29-19-5-3-2-4-18(19)28-24(29)33-21/h2-11H,12H2,1H3/b21-11-. The topological polar surface area (TPSA) is 52.8 Å². The van der Waals surface area contributed by atoms with Gasteiger partial charge in [0.15, 0.2) is 16.5 Å². The molecule has 0 unspecified atom stereocenters. The third-order valence-electron chi connectivity index (χ3n) is 5.06. The zero-order valence-corrected chi connectivity index (χ0v) is 21.6. The summed E-state index contributed by atoms with van der Waals surface area (Å²) in [5, 5.41) is 0.979. The number of thiazole rings is 1. The lowest BCUT2D eigenvalue weighted by Gasteiger charge is -2.14. The van der Waals surface area contributed by atoms with E-state index in [1.807, 2.05) is 48.5 Å². The van der Waals surface area contributed by atoms with Crippen LogP contribution in [0.3, 0.4) is 0 Å². The molecule has 0 spiro atoms. The first-order valence-corrected chi connectivity index (χ1v) is 12.5. The van der Waals surface area contributed by atoms with Crippen LogP contribution in [0.25, 0.3) is 22.1 Å². The maximum absolute atomic E-state index is 13.0. The number of aromatic nitrogens is 2. The van der Waals surface area contributed by atoms with Gasteiger partial charge in [0.1, 0.15) is 6.61 Å². The highest BCUT2D eigenvalue weighted by Gasteiger charge is 2.14. The molecule has 0 saturated carbocycles. The van der Waals surface area contributed by atoms with Crippen molar-refractivity contribution in [1.82, 2.24) is 9.38 Å². The van der Waals surface area contributed by atoms with Crippen molar-refractivity contribution in [2.45, 2.75) is 6.61 Å². The van der Waals surface area contributed by atoms with E-state index in [1.165, 1.54) is 11.3 Å². The Balaban J connectivity index is 1.50. The molecular weight excluding hydrogens is 594 g/mol. The quantitative estimate of drug-likeness (QED) is 0.231. The minimum Gasteiger partial charge on any atom is -0.493 e. The zero-order chi connectivity index (χ0) is 23.1. The van der Waals surface area contributed by atoms with Crippen LogP contribution < -0.4 is 19.6 Å². The van der Waals surface area contributed by atoms with Gasteiger partial charge in [-0.3, -0.25) is 4.79 Å². The van der Waals surface area contributed by atoms with Gasteiger partial charge in [-0.2, -0.15) is 0 Å². The molecule has 0 saturated heterocycles. The van der Waals surface area contributed by atoms with E-state index >= 15 is 0 Å². The van der Waals surface area contributed by atoms with Crippen LogP contribution in [0, 0.1) is 3.57 Å². The monoisotopic (exact) mass is 608 g/mol. The number of methoxy groups -OCH3 is 1. The van der Waals surface area contributed by atoms with Gasteiger partial charge in [0.2, 0.25) is 0 Å². The average Bonchev–Trinajstić information content (AvgIpc) is 3.31. The van der Waals surface area contributed by atoms with Gasteiger partial charge in [-0.1, -0.05) is 52.7 Å². The molecule has 33 heavy (non-hydrogen) atoms. The van der Waals surface area contributed by atoms with E-state index in [0.717, 1.165) is 25.7 Å². The summed E-state index contributed by atoms with van der Waals surface area (Å²) in [6, 6.07) is 16.8. The minimum absolute atomic E-state index is 0.0855. The van der Waals surface area contributed by atoms with E-state index in [4.69, 9.17) is 32.7 Å². The van der Waals surface area contributed by atoms with E-state index in [2.05, 4.69) is 27.6 Å². The van der Waals surface area contributed by atoms with Gasteiger partial charge in [0.25, 0.3) is 5.56 Å². The lowest BCUT2D eigenvalue weighted by Crippen LogP contribution is -2.22. The number of para-hydroxylation sites is 2. The minimum atomic E-state index is -0.0855. The van der Waals surface area contributed by atoms with Crippen LogP contribution in [0.15, 0.2) is 59.4 Å². The molecule has 9 heteroatoms. The smallest absolute Gasteiger partial charge is 0.274 e. The number of fused-ring (bicyclic) bond motifs is 3. The molecular formula is C24H15Cl2IN2O3S. The van der Waals surface area contributed by atoms with Crippen LogP contribution in [0.5, 0.6) is 11.5 Å². The lowest BCUT2D eigenvalue weighted by atomic mass is 10.2. The molecule has 0 fully saturated rings. The van der Waals surface area contributed by atoms with Crippen molar-refractivity contribution >= 4 is 79.2 Å². The Hall–Kier alpha value is -2.33. The van der Waals surface area contributed by atoms with Gasteiger partial charge in [-0.05, 0) is 76.2 Å². The number of halogens is 3. The van der Waals surface area contributed by atoms with E-state index in [1.54, 1.807) is 23.6 Å². The van der Waals surface area contributed by atoms with Crippen molar-refractivity contribution in [2.24, 2.45) is 0 Å². The summed E-state index contributed by atoms with van der Waals surface area (Å²) in [5.74, 6) is 1.20. The number of rotatable bonds is 5. The van der Waals surface area contributed by atoms with Gasteiger partial charge >= 0.3 is 0 Å². The Kier molecular flexibility index (Phi) is 6.22. The first-order valence-electron chi connectivity index (χ1n) is 9.80. The third kappa shape index (κ3) is 4.30. The van der Waals surface area contributed by atoms with Gasteiger partial charge in [-0.15, -0.1) is 0 Å². The highest BCUT2D eigenvalue weighted by atomic mass is 127. The molecule has 0 bridgehead atoms. The van der Waals surface area contributed by atoms with E-state index in [0.29, 0.717) is 37.6 Å². The molecule has 0 aliphatic rings. The Morgan fingerprint density at radius 2 is 1.94 bits per heavy atom. The number of ether oxygens (including phenoxy) is 2. The summed E-state index contributed by atoms with van der Waals surface area (Å²) in [6.45, 7) is 0.312. The van der Waals surface area contributed by atoms with Gasteiger partial charge in [0, 0.05) is 0 Å². The van der Waals surface area contributed by atoms with Crippen LogP contribution in [-0.2, 0) is 6.61 Å². The molecule has 5 nitrogen and oxygen atoms in total. The maximum atomic E-state index is 13.0. The number of hydrogen-bond acceptors (Lipinski definition) is 5. The van der Waals surface area contributed by atoms with Crippen LogP contribution in [0.4, 0.5) is 0 Å². The Morgan fingerprint density at radius 1 is 1.12 bits per heavy atom. The molecule has 5 rings (SSSR count). The average molecular weight is 609 g/mol. The van der Waals surface area contributed by atoms with Crippen molar-refractivity contribution in [3.63, 3.8) is 0 Å². The van der Waals surface area contributed by atoms with Crippen molar-refractivity contribution in [1.29, 1.82) is 0 Å². The van der Waals surface area contributed by atoms with Crippen LogP contribution >= 0.6 is 57.1 Å². The van der Waals surface area contributed by atoms with Crippen LogP contribution in [-0.4, -0.2) is 16.5 Å². The molecule has 0 amide bonds. The summed E-state index contributed by atoms with van der Waals surface area (Å²) in [7, 11) is 1.59. The highest BCUT2D eigenvalue weighted by Crippen LogP contribution is 2.35. The molecule has 0 atom stereocenters. The van der Waals surface area contributed by atoms with Crippen LogP contribution in [0.2, 0.25) is 10.0 Å². The first-order chi connectivity index (χ1) is 15.9. The van der Waals surface area contributed by atoms with E-state index in [-0.39, 0.29) is 5.56 Å². The van der Waals surface area contributed by atoms with Gasteiger partial charge in [-0.25, -0.2) is 9.38 Å². The number of imidazole rings is 1. The third-order valence-corrected chi connectivity index (χ3v) is 7.57. The molecule has 0 aliphatic carbocycles.